The van der Waals surface area contributed by atoms with Gasteiger partial charge in [0.1, 0.15) is 23.0 Å². The molecular weight excluding hydrogens is 486 g/mol. The van der Waals surface area contributed by atoms with Crippen LogP contribution >= 0.6 is 0 Å². The topological polar surface area (TPSA) is 125 Å². The van der Waals surface area contributed by atoms with Crippen molar-refractivity contribution in [3.05, 3.63) is 48.0 Å². The van der Waals surface area contributed by atoms with Crippen LogP contribution in [-0.2, 0) is 19.1 Å². The van der Waals surface area contributed by atoms with Crippen LogP contribution in [0.5, 0.6) is 0 Å². The quantitative estimate of drug-likeness (QED) is 0.242. The first-order chi connectivity index (χ1) is 18.1. The van der Waals surface area contributed by atoms with Gasteiger partial charge in [0, 0.05) is 54.6 Å². The Hall–Kier alpha value is -3.30. The Labute approximate surface area is 224 Å². The number of carbonyl (C=O) groups is 4. The van der Waals surface area contributed by atoms with E-state index >= 15 is 0 Å². The minimum atomic E-state index is -0.481. The first kappa shape index (κ1) is 30.9. The average molecular weight is 526 g/mol. The summed E-state index contributed by atoms with van der Waals surface area (Å²) in [5, 5.41) is 2.86. The van der Waals surface area contributed by atoms with Gasteiger partial charge in [0.05, 0.1) is 32.5 Å². The van der Waals surface area contributed by atoms with Crippen LogP contribution in [0.3, 0.4) is 0 Å². The maximum absolute atomic E-state index is 12.9. The number of carbonyl (C=O) groups excluding carboxylic acids is 4. The minimum absolute atomic E-state index is 0.0207. The number of pyridine rings is 2. The number of hydrogen-bond donors (Lipinski definition) is 1. The summed E-state index contributed by atoms with van der Waals surface area (Å²) in [5.41, 5.74) is 2.17. The lowest BCUT2D eigenvalue weighted by molar-refractivity contribution is -0.123. The Bertz CT molecular complexity index is 1060. The third kappa shape index (κ3) is 10.2. The number of nitrogens with one attached hydrogen (secondary N) is 1. The van der Waals surface area contributed by atoms with Crippen LogP contribution in [-0.4, -0.2) is 65.7 Å². The summed E-state index contributed by atoms with van der Waals surface area (Å²) in [7, 11) is 0. The molecule has 1 N–H and O–H groups in total. The normalized spacial score (nSPS) is 12.0. The fourth-order valence-corrected chi connectivity index (χ4v) is 3.37. The first-order valence-electron chi connectivity index (χ1n) is 13.1. The zero-order chi connectivity index (χ0) is 28.1. The Kier molecular flexibility index (Phi) is 12.9. The smallest absolute Gasteiger partial charge is 0.270 e. The van der Waals surface area contributed by atoms with Crippen molar-refractivity contribution in [3.8, 4) is 11.1 Å². The number of hydrogen-bond acceptors (Lipinski definition) is 8. The Morgan fingerprint density at radius 2 is 1.34 bits per heavy atom. The van der Waals surface area contributed by atoms with Crippen molar-refractivity contribution in [2.45, 2.75) is 59.9 Å². The monoisotopic (exact) mass is 525 g/mol. The van der Waals surface area contributed by atoms with Crippen LogP contribution in [0.25, 0.3) is 11.1 Å². The lowest BCUT2D eigenvalue weighted by Crippen LogP contribution is -2.42. The zero-order valence-corrected chi connectivity index (χ0v) is 23.0. The predicted octanol–water partition coefficient (Wildman–Crippen LogP) is 4.10. The summed E-state index contributed by atoms with van der Waals surface area (Å²) in [4.78, 5) is 56.8. The SMILES string of the molecule is CCC(=O)CCOCC(COCCC(=O)C(C)C)NC(=O)c1ccc(-c2ccc(C(=O)C(C)C)nc2)cn1. The number of ether oxygens (including phenoxy) is 2. The molecule has 2 rings (SSSR count). The molecule has 9 nitrogen and oxygen atoms in total. The van der Waals surface area contributed by atoms with Gasteiger partial charge in [-0.2, -0.15) is 0 Å². The van der Waals surface area contributed by atoms with Gasteiger partial charge in [0.25, 0.3) is 5.91 Å². The van der Waals surface area contributed by atoms with Gasteiger partial charge in [-0.25, -0.2) is 0 Å². The Morgan fingerprint density at radius 1 is 0.789 bits per heavy atom. The second-order valence-electron chi connectivity index (χ2n) is 9.72. The number of nitrogens with zero attached hydrogens (tertiary/aromatic N) is 2. The third-order valence-corrected chi connectivity index (χ3v) is 5.90. The molecule has 2 aromatic rings. The molecule has 0 aliphatic rings. The molecule has 0 spiro atoms. The predicted molar refractivity (Wildman–Crippen MR) is 144 cm³/mol. The molecule has 0 radical (unpaired) electrons. The highest BCUT2D eigenvalue weighted by Gasteiger charge is 2.17. The summed E-state index contributed by atoms with van der Waals surface area (Å²) < 4.78 is 11.2. The minimum Gasteiger partial charge on any atom is -0.379 e. The standard InChI is InChI=1S/C29H39N3O6/c1-6-24(33)11-13-37-17-23(18-38-14-12-27(34)19(2)3)32-29(36)26-10-8-22(16-31-26)21-7-9-25(30-15-21)28(35)20(4)5/h7-10,15-16,19-20,23H,6,11-14,17-18H2,1-5H3,(H,32,36). The van der Waals surface area contributed by atoms with Crippen LogP contribution in [0.4, 0.5) is 0 Å². The van der Waals surface area contributed by atoms with Gasteiger partial charge in [-0.3, -0.25) is 29.1 Å². The van der Waals surface area contributed by atoms with E-state index in [9.17, 15) is 19.2 Å². The molecule has 0 fully saturated rings. The molecule has 1 atom stereocenters. The van der Waals surface area contributed by atoms with Gasteiger partial charge in [-0.1, -0.05) is 46.8 Å². The van der Waals surface area contributed by atoms with Gasteiger partial charge < -0.3 is 14.8 Å². The van der Waals surface area contributed by atoms with Gasteiger partial charge >= 0.3 is 0 Å². The molecule has 1 amide bonds. The van der Waals surface area contributed by atoms with E-state index in [0.29, 0.717) is 25.0 Å². The van der Waals surface area contributed by atoms with Crippen LogP contribution in [0.15, 0.2) is 36.7 Å². The molecule has 0 aliphatic heterocycles. The second-order valence-corrected chi connectivity index (χ2v) is 9.72. The molecule has 2 aromatic heterocycles. The molecular formula is C29H39N3O6. The van der Waals surface area contributed by atoms with Gasteiger partial charge in [0.15, 0.2) is 5.78 Å². The van der Waals surface area contributed by atoms with Crippen molar-refractivity contribution in [3.63, 3.8) is 0 Å². The Morgan fingerprint density at radius 3 is 1.82 bits per heavy atom. The number of aromatic nitrogens is 2. The van der Waals surface area contributed by atoms with Crippen LogP contribution in [0.2, 0.25) is 0 Å². The van der Waals surface area contributed by atoms with Crippen molar-refractivity contribution < 1.29 is 28.7 Å². The average Bonchev–Trinajstić information content (AvgIpc) is 2.92. The van der Waals surface area contributed by atoms with Gasteiger partial charge in [-0.15, -0.1) is 0 Å². The van der Waals surface area contributed by atoms with E-state index in [-0.39, 0.29) is 61.3 Å². The van der Waals surface area contributed by atoms with Crippen molar-refractivity contribution in [1.82, 2.24) is 15.3 Å². The van der Waals surface area contributed by atoms with E-state index in [4.69, 9.17) is 9.47 Å². The second kappa shape index (κ2) is 15.8. The molecule has 1 unspecified atom stereocenters. The maximum atomic E-state index is 12.9. The highest BCUT2D eigenvalue weighted by molar-refractivity contribution is 5.96. The van der Waals surface area contributed by atoms with E-state index in [1.165, 1.54) is 0 Å². The molecule has 9 heteroatoms. The molecule has 0 saturated carbocycles. The zero-order valence-electron chi connectivity index (χ0n) is 23.0. The highest BCUT2D eigenvalue weighted by atomic mass is 16.5. The third-order valence-electron chi connectivity index (χ3n) is 5.90. The number of rotatable bonds is 17. The molecule has 0 saturated heterocycles. The van der Waals surface area contributed by atoms with Crippen LogP contribution in [0.1, 0.15) is 74.9 Å². The van der Waals surface area contributed by atoms with E-state index < -0.39 is 11.9 Å². The lowest BCUT2D eigenvalue weighted by Gasteiger charge is -2.19. The van der Waals surface area contributed by atoms with E-state index in [1.54, 1.807) is 43.6 Å². The molecule has 38 heavy (non-hydrogen) atoms. The molecule has 0 aliphatic carbocycles. The largest absolute Gasteiger partial charge is 0.379 e. The van der Waals surface area contributed by atoms with Crippen LogP contribution in [0, 0.1) is 11.8 Å². The summed E-state index contributed by atoms with van der Waals surface area (Å²) in [6, 6.07) is 6.38. The maximum Gasteiger partial charge on any atom is 0.270 e. The lowest BCUT2D eigenvalue weighted by atomic mass is 10.0. The molecule has 2 heterocycles. The first-order valence-corrected chi connectivity index (χ1v) is 13.1. The summed E-state index contributed by atoms with van der Waals surface area (Å²) in [5.74, 6) is -0.386. The summed E-state index contributed by atoms with van der Waals surface area (Å²) in [6.45, 7) is 9.97. The molecule has 206 valence electrons. The van der Waals surface area contributed by atoms with E-state index in [1.807, 2.05) is 27.7 Å². The number of ketones is 3. The summed E-state index contributed by atoms with van der Waals surface area (Å²) in [6.07, 6.45) is 4.25. The highest BCUT2D eigenvalue weighted by Crippen LogP contribution is 2.19. The number of Topliss-reactive ketones (excluding diaryl/α,β-unsaturated/α-hetero) is 3. The fraction of sp³-hybridized carbons (Fsp3) is 0.517. The van der Waals surface area contributed by atoms with Crippen molar-refractivity contribution in [1.29, 1.82) is 0 Å². The van der Waals surface area contributed by atoms with Crippen LogP contribution < -0.4 is 5.32 Å². The molecule has 0 aromatic carbocycles. The fourth-order valence-electron chi connectivity index (χ4n) is 3.37. The van der Waals surface area contributed by atoms with Gasteiger partial charge in [-0.05, 0) is 12.1 Å². The van der Waals surface area contributed by atoms with E-state index in [0.717, 1.165) is 11.1 Å². The number of amides is 1. The van der Waals surface area contributed by atoms with Crippen molar-refractivity contribution in [2.24, 2.45) is 11.8 Å². The molecule has 0 bridgehead atoms. The van der Waals surface area contributed by atoms with Crippen molar-refractivity contribution >= 4 is 23.3 Å². The van der Waals surface area contributed by atoms with Crippen molar-refractivity contribution in [2.75, 3.05) is 26.4 Å². The summed E-state index contributed by atoms with van der Waals surface area (Å²) >= 11 is 0. The Balaban J connectivity index is 1.98. The van der Waals surface area contributed by atoms with E-state index in [2.05, 4.69) is 15.3 Å². The van der Waals surface area contributed by atoms with Gasteiger partial charge in [0.2, 0.25) is 0 Å².